The lowest BCUT2D eigenvalue weighted by molar-refractivity contribution is 0.603. The highest BCUT2D eigenvalue weighted by Gasteiger charge is 2.18. The van der Waals surface area contributed by atoms with Crippen LogP contribution in [0.25, 0.3) is 0 Å². The number of hydrogen-bond acceptors (Lipinski definition) is 5. The maximum Gasteiger partial charge on any atom is 0.271 e. The van der Waals surface area contributed by atoms with Gasteiger partial charge in [-0.2, -0.15) is 0 Å². The van der Waals surface area contributed by atoms with Gasteiger partial charge < -0.3 is 4.90 Å². The molecule has 3 rings (SSSR count). The van der Waals surface area contributed by atoms with Crippen LogP contribution in [0.2, 0.25) is 4.34 Å². The van der Waals surface area contributed by atoms with E-state index in [0.29, 0.717) is 10.0 Å². The largest absolute Gasteiger partial charge is 0.357 e. The molecule has 0 radical (unpaired) electrons. The highest BCUT2D eigenvalue weighted by molar-refractivity contribution is 7.94. The summed E-state index contributed by atoms with van der Waals surface area (Å²) < 4.78 is 27.5. The summed E-state index contributed by atoms with van der Waals surface area (Å²) >= 11 is 6.80. The third-order valence-corrected chi connectivity index (χ3v) is 6.35. The number of aromatic nitrogens is 1. The lowest BCUT2D eigenvalue weighted by atomic mass is 10.4. The van der Waals surface area contributed by atoms with Gasteiger partial charge in [0.1, 0.15) is 10.0 Å². The Labute approximate surface area is 132 Å². The molecule has 0 aromatic carbocycles. The monoisotopic (exact) mass is 343 g/mol. The molecule has 1 aliphatic heterocycles. The van der Waals surface area contributed by atoms with Gasteiger partial charge >= 0.3 is 0 Å². The molecule has 0 saturated carbocycles. The average molecular weight is 344 g/mol. The van der Waals surface area contributed by atoms with E-state index in [-0.39, 0.29) is 4.21 Å². The van der Waals surface area contributed by atoms with Crippen LogP contribution in [0.15, 0.2) is 34.7 Å². The first kappa shape index (κ1) is 14.6. The Kier molecular flexibility index (Phi) is 4.05. The molecule has 5 nitrogen and oxygen atoms in total. The summed E-state index contributed by atoms with van der Waals surface area (Å²) in [5.41, 5.74) is 0.447. The van der Waals surface area contributed by atoms with Crippen LogP contribution in [0.1, 0.15) is 12.8 Å². The highest BCUT2D eigenvalue weighted by Crippen LogP contribution is 2.27. The van der Waals surface area contributed by atoms with Crippen LogP contribution in [0, 0.1) is 0 Å². The molecule has 21 heavy (non-hydrogen) atoms. The van der Waals surface area contributed by atoms with E-state index in [4.69, 9.17) is 11.6 Å². The van der Waals surface area contributed by atoms with E-state index in [2.05, 4.69) is 14.6 Å². The van der Waals surface area contributed by atoms with Crippen molar-refractivity contribution in [1.29, 1.82) is 0 Å². The van der Waals surface area contributed by atoms with Crippen LogP contribution in [0.5, 0.6) is 0 Å². The minimum atomic E-state index is -3.59. The smallest absolute Gasteiger partial charge is 0.271 e. The maximum atomic E-state index is 12.2. The van der Waals surface area contributed by atoms with Crippen LogP contribution in [-0.4, -0.2) is 26.5 Å². The Morgan fingerprint density at radius 2 is 1.95 bits per heavy atom. The van der Waals surface area contributed by atoms with Gasteiger partial charge in [-0.1, -0.05) is 11.6 Å². The van der Waals surface area contributed by atoms with Crippen molar-refractivity contribution in [3.8, 4) is 0 Å². The predicted molar refractivity (Wildman–Crippen MR) is 85.8 cm³/mol. The minimum Gasteiger partial charge on any atom is -0.357 e. The first-order chi connectivity index (χ1) is 10.0. The molecule has 2 aromatic heterocycles. The molecule has 0 amide bonds. The van der Waals surface area contributed by atoms with Crippen molar-refractivity contribution < 1.29 is 8.42 Å². The molecule has 1 aliphatic rings. The molecule has 1 N–H and O–H groups in total. The summed E-state index contributed by atoms with van der Waals surface area (Å²) in [6.45, 7) is 2.01. The maximum absolute atomic E-state index is 12.2. The molecule has 112 valence electrons. The molecular weight excluding hydrogens is 330 g/mol. The van der Waals surface area contributed by atoms with E-state index in [9.17, 15) is 8.42 Å². The summed E-state index contributed by atoms with van der Waals surface area (Å²) in [5, 5.41) is 0. The number of rotatable bonds is 4. The lowest BCUT2D eigenvalue weighted by Gasteiger charge is -2.16. The molecular formula is C13H14ClN3O2S2. The molecule has 1 fully saturated rings. The van der Waals surface area contributed by atoms with E-state index in [1.165, 1.54) is 18.9 Å². The Balaban J connectivity index is 1.75. The second-order valence-corrected chi connectivity index (χ2v) is 8.39. The van der Waals surface area contributed by atoms with Gasteiger partial charge in [-0.25, -0.2) is 13.4 Å². The minimum absolute atomic E-state index is 0.191. The fourth-order valence-corrected chi connectivity index (χ4v) is 4.75. The topological polar surface area (TPSA) is 62.3 Å². The van der Waals surface area contributed by atoms with Crippen LogP contribution in [0.3, 0.4) is 0 Å². The fourth-order valence-electron chi connectivity index (χ4n) is 2.23. The van der Waals surface area contributed by atoms with Crippen molar-refractivity contribution >= 4 is 44.5 Å². The van der Waals surface area contributed by atoms with Gasteiger partial charge in [0.2, 0.25) is 0 Å². The third kappa shape index (κ3) is 3.30. The summed E-state index contributed by atoms with van der Waals surface area (Å²) in [6.07, 6.45) is 3.89. The number of hydrogen-bond donors (Lipinski definition) is 1. The van der Waals surface area contributed by atoms with Crippen molar-refractivity contribution in [2.45, 2.75) is 17.1 Å². The summed E-state index contributed by atoms with van der Waals surface area (Å²) in [5.74, 6) is 0.884. The van der Waals surface area contributed by atoms with Crippen molar-refractivity contribution in [3.63, 3.8) is 0 Å². The Morgan fingerprint density at radius 3 is 2.52 bits per heavy atom. The Hall–Kier alpha value is -1.31. The van der Waals surface area contributed by atoms with Gasteiger partial charge in [0.15, 0.2) is 0 Å². The number of nitrogens with one attached hydrogen (secondary N) is 1. The summed E-state index contributed by atoms with van der Waals surface area (Å²) in [6, 6.07) is 6.62. The van der Waals surface area contributed by atoms with Gasteiger partial charge in [-0.05, 0) is 37.1 Å². The second-order valence-electron chi connectivity index (χ2n) is 4.76. The van der Waals surface area contributed by atoms with Crippen LogP contribution >= 0.6 is 22.9 Å². The van der Waals surface area contributed by atoms with E-state index in [0.717, 1.165) is 30.2 Å². The molecule has 3 heterocycles. The molecule has 0 bridgehead atoms. The lowest BCUT2D eigenvalue weighted by Crippen LogP contribution is -2.19. The zero-order valence-electron chi connectivity index (χ0n) is 11.1. The normalized spacial score (nSPS) is 15.4. The van der Waals surface area contributed by atoms with Gasteiger partial charge in [-0.15, -0.1) is 11.3 Å². The average Bonchev–Trinajstić information content (AvgIpc) is 3.10. The van der Waals surface area contributed by atoms with E-state index < -0.39 is 10.0 Å². The van der Waals surface area contributed by atoms with Crippen molar-refractivity contribution in [1.82, 2.24) is 4.98 Å². The molecule has 0 atom stereocenters. The van der Waals surface area contributed by atoms with Crippen molar-refractivity contribution in [3.05, 3.63) is 34.8 Å². The van der Waals surface area contributed by atoms with Crippen LogP contribution in [0.4, 0.5) is 11.5 Å². The first-order valence-corrected chi connectivity index (χ1v) is 9.21. The van der Waals surface area contributed by atoms with Crippen molar-refractivity contribution in [2.24, 2.45) is 0 Å². The third-order valence-electron chi connectivity index (χ3n) is 3.24. The zero-order valence-corrected chi connectivity index (χ0v) is 13.5. The Morgan fingerprint density at radius 1 is 1.19 bits per heavy atom. The second kappa shape index (κ2) is 5.82. The van der Waals surface area contributed by atoms with E-state index in [1.54, 1.807) is 18.3 Å². The number of halogens is 1. The number of thiophene rings is 1. The molecule has 0 spiro atoms. The Bertz CT molecular complexity index is 722. The fraction of sp³-hybridized carbons (Fsp3) is 0.308. The molecule has 0 aliphatic carbocycles. The number of nitrogens with zero attached hydrogens (tertiary/aromatic N) is 2. The molecule has 2 aromatic rings. The highest BCUT2D eigenvalue weighted by atomic mass is 35.5. The zero-order chi connectivity index (χ0) is 14.9. The van der Waals surface area contributed by atoms with Gasteiger partial charge in [0, 0.05) is 13.1 Å². The van der Waals surface area contributed by atoms with Crippen LogP contribution in [-0.2, 0) is 10.0 Å². The quantitative estimate of drug-likeness (QED) is 0.926. The van der Waals surface area contributed by atoms with Gasteiger partial charge in [-0.3, -0.25) is 4.72 Å². The molecule has 0 unspecified atom stereocenters. The summed E-state index contributed by atoms with van der Waals surface area (Å²) in [7, 11) is -3.59. The summed E-state index contributed by atoms with van der Waals surface area (Å²) in [4.78, 5) is 6.51. The van der Waals surface area contributed by atoms with E-state index >= 15 is 0 Å². The van der Waals surface area contributed by atoms with Crippen molar-refractivity contribution in [2.75, 3.05) is 22.7 Å². The van der Waals surface area contributed by atoms with Gasteiger partial charge in [0.05, 0.1) is 16.2 Å². The number of pyridine rings is 1. The number of anilines is 2. The SMILES string of the molecule is O=S(=O)(Nc1ccc(N2CCCC2)nc1)c1ccc(Cl)s1. The van der Waals surface area contributed by atoms with E-state index in [1.807, 2.05) is 6.07 Å². The molecule has 8 heteroatoms. The van der Waals surface area contributed by atoms with Crippen LogP contribution < -0.4 is 9.62 Å². The number of sulfonamides is 1. The molecule has 1 saturated heterocycles. The first-order valence-electron chi connectivity index (χ1n) is 6.54. The van der Waals surface area contributed by atoms with Gasteiger partial charge in [0.25, 0.3) is 10.0 Å². The predicted octanol–water partition coefficient (Wildman–Crippen LogP) is 3.20. The standard InChI is InChI=1S/C13H14ClN3O2S2/c14-11-4-6-13(20-11)21(18,19)16-10-3-5-12(15-9-10)17-7-1-2-8-17/h3-6,9,16H,1-2,7-8H2.